The molecule has 2 heteroatoms. The predicted molar refractivity (Wildman–Crippen MR) is 133 cm³/mol. The molecule has 0 fully saturated rings. The van der Waals surface area contributed by atoms with E-state index in [1.807, 2.05) is 30.5 Å². The first kappa shape index (κ1) is 18.5. The first-order chi connectivity index (χ1) is 15.9. The average Bonchev–Trinajstić information content (AvgIpc) is 2.88. The Kier molecular flexibility index (Phi) is 4.47. The summed E-state index contributed by atoms with van der Waals surface area (Å²) in [7, 11) is 0. The third-order valence-corrected chi connectivity index (χ3v) is 5.91. The molecule has 0 saturated carbocycles. The number of para-hydroxylation sites is 1. The highest BCUT2D eigenvalue weighted by molar-refractivity contribution is 6.05. The van der Waals surface area contributed by atoms with E-state index < -0.39 is 0 Å². The van der Waals surface area contributed by atoms with Gasteiger partial charge in [-0.2, -0.15) is 0 Å². The Morgan fingerprint density at radius 3 is 1.88 bits per heavy atom. The normalized spacial score (nSPS) is 11.1. The van der Waals surface area contributed by atoms with Gasteiger partial charge in [-0.05, 0) is 23.1 Å². The van der Waals surface area contributed by atoms with Gasteiger partial charge in [-0.1, -0.05) is 103 Å². The maximum Gasteiger partial charge on any atom is 0.0788 e. The summed E-state index contributed by atoms with van der Waals surface area (Å²) in [5, 5.41) is 3.44. The van der Waals surface area contributed by atoms with Crippen LogP contribution in [-0.2, 0) is 0 Å². The van der Waals surface area contributed by atoms with Gasteiger partial charge < -0.3 is 0 Å². The molecule has 0 saturated heterocycles. The average molecular weight is 409 g/mol. The smallest absolute Gasteiger partial charge is 0.0788 e. The number of hydrogen-bond acceptors (Lipinski definition) is 2. The fourth-order valence-corrected chi connectivity index (χ4v) is 4.31. The van der Waals surface area contributed by atoms with Crippen LogP contribution in [0.15, 0.2) is 121 Å². The van der Waals surface area contributed by atoms with E-state index in [2.05, 4.69) is 91.0 Å². The quantitative estimate of drug-likeness (QED) is 0.299. The minimum absolute atomic E-state index is 0.976. The Balaban J connectivity index is 1.59. The molecule has 6 rings (SSSR count). The second-order valence-corrected chi connectivity index (χ2v) is 7.90. The summed E-state index contributed by atoms with van der Waals surface area (Å²) in [6.45, 7) is 0. The Morgan fingerprint density at radius 1 is 0.469 bits per heavy atom. The number of rotatable bonds is 3. The zero-order valence-corrected chi connectivity index (χ0v) is 17.4. The molecule has 2 aromatic heterocycles. The molecule has 0 unspecified atom stereocenters. The maximum atomic E-state index is 5.09. The van der Waals surface area contributed by atoms with Crippen LogP contribution < -0.4 is 0 Å². The maximum absolute atomic E-state index is 5.09. The summed E-state index contributed by atoms with van der Waals surface area (Å²) in [6, 6.07) is 39.9. The molecule has 6 aromatic rings. The van der Waals surface area contributed by atoms with Crippen molar-refractivity contribution in [2.75, 3.05) is 0 Å². The molecule has 0 aliphatic rings. The first-order valence-corrected chi connectivity index (χ1v) is 10.8. The van der Waals surface area contributed by atoms with Gasteiger partial charge in [-0.15, -0.1) is 0 Å². The molecule has 0 N–H and O–H groups in total. The van der Waals surface area contributed by atoms with Crippen molar-refractivity contribution >= 4 is 21.7 Å². The van der Waals surface area contributed by atoms with Crippen molar-refractivity contribution in [2.24, 2.45) is 0 Å². The van der Waals surface area contributed by atoms with Gasteiger partial charge in [0.05, 0.1) is 16.9 Å². The van der Waals surface area contributed by atoms with Crippen LogP contribution in [0.5, 0.6) is 0 Å². The molecule has 2 nitrogen and oxygen atoms in total. The summed E-state index contributed by atoms with van der Waals surface area (Å²) in [5.74, 6) is 0. The molecule has 0 radical (unpaired) electrons. The van der Waals surface area contributed by atoms with Gasteiger partial charge in [0, 0.05) is 33.7 Å². The van der Waals surface area contributed by atoms with Crippen LogP contribution in [-0.4, -0.2) is 9.97 Å². The van der Waals surface area contributed by atoms with Crippen LogP contribution in [0, 0.1) is 0 Å². The lowest BCUT2D eigenvalue weighted by Crippen LogP contribution is -1.91. The topological polar surface area (TPSA) is 25.8 Å². The Hall–Kier alpha value is -4.30. The SMILES string of the molecule is c1ccc(-c2cc3c(-c4cccc5ccc(-c6ccccc6)nc45)cccc3cn2)cc1. The second kappa shape index (κ2) is 7.75. The van der Waals surface area contributed by atoms with E-state index >= 15 is 0 Å². The van der Waals surface area contributed by atoms with Gasteiger partial charge in [0.25, 0.3) is 0 Å². The fraction of sp³-hybridized carbons (Fsp3) is 0. The van der Waals surface area contributed by atoms with Crippen LogP contribution in [0.4, 0.5) is 0 Å². The van der Waals surface area contributed by atoms with E-state index in [4.69, 9.17) is 9.97 Å². The van der Waals surface area contributed by atoms with Crippen molar-refractivity contribution < 1.29 is 0 Å². The van der Waals surface area contributed by atoms with Crippen LogP contribution >= 0.6 is 0 Å². The number of pyridine rings is 2. The highest BCUT2D eigenvalue weighted by Crippen LogP contribution is 2.35. The third-order valence-electron chi connectivity index (χ3n) is 5.91. The minimum atomic E-state index is 0.976. The van der Waals surface area contributed by atoms with E-state index in [0.29, 0.717) is 0 Å². The molecule has 0 aliphatic heterocycles. The summed E-state index contributed by atoms with van der Waals surface area (Å²) < 4.78 is 0. The number of fused-ring (bicyclic) bond motifs is 2. The summed E-state index contributed by atoms with van der Waals surface area (Å²) >= 11 is 0. The van der Waals surface area contributed by atoms with Gasteiger partial charge in [0.15, 0.2) is 0 Å². The zero-order valence-electron chi connectivity index (χ0n) is 17.4. The van der Waals surface area contributed by atoms with Gasteiger partial charge in [-0.3, -0.25) is 4.98 Å². The van der Waals surface area contributed by atoms with Crippen molar-refractivity contribution in [3.05, 3.63) is 121 Å². The van der Waals surface area contributed by atoms with Crippen molar-refractivity contribution in [1.82, 2.24) is 9.97 Å². The molecule has 2 heterocycles. The highest BCUT2D eigenvalue weighted by atomic mass is 14.7. The monoisotopic (exact) mass is 408 g/mol. The van der Waals surface area contributed by atoms with Gasteiger partial charge in [-0.25, -0.2) is 4.98 Å². The highest BCUT2D eigenvalue weighted by Gasteiger charge is 2.11. The number of nitrogens with zero attached hydrogens (tertiary/aromatic N) is 2. The molecule has 150 valence electrons. The number of hydrogen-bond donors (Lipinski definition) is 0. The second-order valence-electron chi connectivity index (χ2n) is 7.90. The van der Waals surface area contributed by atoms with Crippen molar-refractivity contribution in [1.29, 1.82) is 0 Å². The standard InChI is InChI=1S/C30H20N2/c1-3-9-21(10-4-1)28-18-17-23-13-7-16-26(30(23)32-28)25-15-8-14-24-20-31-29(19-27(24)25)22-11-5-2-6-12-22/h1-20H. The first-order valence-electron chi connectivity index (χ1n) is 10.8. The predicted octanol–water partition coefficient (Wildman–Crippen LogP) is 7.78. The third kappa shape index (κ3) is 3.23. The Labute approximate surface area is 186 Å². The van der Waals surface area contributed by atoms with E-state index in [1.165, 1.54) is 10.9 Å². The lowest BCUT2D eigenvalue weighted by atomic mass is 9.95. The molecule has 32 heavy (non-hydrogen) atoms. The molecular formula is C30H20N2. The van der Waals surface area contributed by atoms with Crippen molar-refractivity contribution in [3.8, 4) is 33.6 Å². The van der Waals surface area contributed by atoms with Crippen LogP contribution in [0.3, 0.4) is 0 Å². The van der Waals surface area contributed by atoms with Gasteiger partial charge in [0.2, 0.25) is 0 Å². The van der Waals surface area contributed by atoms with Crippen molar-refractivity contribution in [2.45, 2.75) is 0 Å². The van der Waals surface area contributed by atoms with Crippen LogP contribution in [0.2, 0.25) is 0 Å². The van der Waals surface area contributed by atoms with Gasteiger partial charge >= 0.3 is 0 Å². The molecule has 0 aliphatic carbocycles. The number of aromatic nitrogens is 2. The fourth-order valence-electron chi connectivity index (χ4n) is 4.31. The van der Waals surface area contributed by atoms with E-state index in [-0.39, 0.29) is 0 Å². The Morgan fingerprint density at radius 2 is 1.12 bits per heavy atom. The van der Waals surface area contributed by atoms with E-state index in [0.717, 1.165) is 44.4 Å². The Bertz CT molecular complexity index is 1430. The molecular weight excluding hydrogens is 388 g/mol. The molecule has 0 amide bonds. The van der Waals surface area contributed by atoms with Gasteiger partial charge in [0.1, 0.15) is 0 Å². The lowest BCUT2D eigenvalue weighted by molar-refractivity contribution is 1.36. The summed E-state index contributed by atoms with van der Waals surface area (Å²) in [5.41, 5.74) is 7.52. The van der Waals surface area contributed by atoms with Crippen molar-refractivity contribution in [3.63, 3.8) is 0 Å². The zero-order chi connectivity index (χ0) is 21.3. The molecule has 0 atom stereocenters. The van der Waals surface area contributed by atoms with Crippen LogP contribution in [0.25, 0.3) is 55.3 Å². The molecule has 4 aromatic carbocycles. The minimum Gasteiger partial charge on any atom is -0.256 e. The molecule has 0 bridgehead atoms. The number of benzene rings is 4. The largest absolute Gasteiger partial charge is 0.256 e. The molecule has 0 spiro atoms. The van der Waals surface area contributed by atoms with Crippen LogP contribution in [0.1, 0.15) is 0 Å². The lowest BCUT2D eigenvalue weighted by Gasteiger charge is -2.12. The van der Waals surface area contributed by atoms with E-state index in [9.17, 15) is 0 Å². The summed E-state index contributed by atoms with van der Waals surface area (Å²) in [4.78, 5) is 9.81. The summed E-state index contributed by atoms with van der Waals surface area (Å²) in [6.07, 6.45) is 1.97. The van der Waals surface area contributed by atoms with E-state index in [1.54, 1.807) is 0 Å².